The number of rotatable bonds is 7. The van der Waals surface area contributed by atoms with E-state index in [0.717, 1.165) is 35.5 Å². The van der Waals surface area contributed by atoms with Crippen LogP contribution in [0.1, 0.15) is 53.8 Å². The largest absolute Gasteiger partial charge is 0.351 e. The van der Waals surface area contributed by atoms with Gasteiger partial charge in [0.2, 0.25) is 0 Å². The van der Waals surface area contributed by atoms with Crippen LogP contribution < -0.4 is 5.32 Å². The zero-order chi connectivity index (χ0) is 17.5. The molecule has 0 saturated heterocycles. The zero-order valence-electron chi connectivity index (χ0n) is 14.9. The number of thioether (sulfide) groups is 1. The van der Waals surface area contributed by atoms with Crippen molar-refractivity contribution >= 4 is 17.7 Å². The van der Waals surface area contributed by atoms with Crippen LogP contribution in [0.25, 0.3) is 0 Å². The maximum Gasteiger partial charge on any atom is 0.251 e. The zero-order valence-corrected chi connectivity index (χ0v) is 15.7. The summed E-state index contributed by atoms with van der Waals surface area (Å²) in [4.78, 5) is 16.5. The monoisotopic (exact) mass is 357 g/mol. The number of hydrogen-bond acceptors (Lipinski definition) is 3. The standard InChI is InChI=1S/C20H27N3OS/c1-16-21-11-13-23(16)15-17-7-9-18(10-8-17)20(24)22-12-14-25-19-5-3-2-4-6-19/h7-11,13,19H,2-6,12,14-15H2,1H3,(H,22,24). The third kappa shape index (κ3) is 5.36. The van der Waals surface area contributed by atoms with Crippen LogP contribution in [0.2, 0.25) is 0 Å². The van der Waals surface area contributed by atoms with Crippen LogP contribution in [0.3, 0.4) is 0 Å². The summed E-state index contributed by atoms with van der Waals surface area (Å²) >= 11 is 2.02. The fraction of sp³-hybridized carbons (Fsp3) is 0.500. The summed E-state index contributed by atoms with van der Waals surface area (Å²) in [7, 11) is 0. The molecule has 0 bridgehead atoms. The molecule has 1 aromatic heterocycles. The van der Waals surface area contributed by atoms with Crippen molar-refractivity contribution in [3.8, 4) is 0 Å². The first-order valence-electron chi connectivity index (χ1n) is 9.19. The summed E-state index contributed by atoms with van der Waals surface area (Å²) < 4.78 is 2.09. The van der Waals surface area contributed by atoms with Gasteiger partial charge in [0.1, 0.15) is 5.82 Å². The lowest BCUT2D eigenvalue weighted by molar-refractivity contribution is 0.0956. The molecule has 134 valence electrons. The van der Waals surface area contributed by atoms with Crippen LogP contribution in [-0.2, 0) is 6.54 Å². The molecule has 4 nitrogen and oxygen atoms in total. The van der Waals surface area contributed by atoms with E-state index in [1.54, 1.807) is 0 Å². The van der Waals surface area contributed by atoms with Crippen molar-refractivity contribution in [2.75, 3.05) is 12.3 Å². The molecule has 1 saturated carbocycles. The summed E-state index contributed by atoms with van der Waals surface area (Å²) in [6.07, 6.45) is 10.6. The Kier molecular flexibility index (Phi) is 6.56. The summed E-state index contributed by atoms with van der Waals surface area (Å²) in [5.41, 5.74) is 1.90. The highest BCUT2D eigenvalue weighted by Crippen LogP contribution is 2.27. The Bertz CT molecular complexity index is 675. The van der Waals surface area contributed by atoms with Gasteiger partial charge in [-0.2, -0.15) is 11.8 Å². The molecule has 1 aromatic carbocycles. The van der Waals surface area contributed by atoms with Crippen LogP contribution in [-0.4, -0.2) is 33.0 Å². The van der Waals surface area contributed by atoms with Gasteiger partial charge in [-0.15, -0.1) is 0 Å². The summed E-state index contributed by atoms with van der Waals surface area (Å²) in [5, 5.41) is 3.84. The Labute approximate surface area is 154 Å². The second-order valence-electron chi connectivity index (χ2n) is 6.69. The molecule has 0 atom stereocenters. The van der Waals surface area contributed by atoms with Gasteiger partial charge in [0.15, 0.2) is 0 Å². The average Bonchev–Trinajstić information content (AvgIpc) is 3.05. The van der Waals surface area contributed by atoms with Crippen LogP contribution in [0.4, 0.5) is 0 Å². The summed E-state index contributed by atoms with van der Waals surface area (Å²) in [5.74, 6) is 2.03. The molecule has 2 aromatic rings. The highest BCUT2D eigenvalue weighted by Gasteiger charge is 2.13. The van der Waals surface area contributed by atoms with E-state index in [4.69, 9.17) is 0 Å². The van der Waals surface area contributed by atoms with Gasteiger partial charge < -0.3 is 9.88 Å². The molecule has 1 N–H and O–H groups in total. The number of carbonyl (C=O) groups is 1. The molecule has 1 heterocycles. The topological polar surface area (TPSA) is 46.9 Å². The van der Waals surface area contributed by atoms with Crippen LogP contribution in [0.15, 0.2) is 36.7 Å². The molecular formula is C20H27N3OS. The number of hydrogen-bond donors (Lipinski definition) is 1. The Morgan fingerprint density at radius 3 is 2.68 bits per heavy atom. The normalized spacial score (nSPS) is 15.2. The number of aryl methyl sites for hydroxylation is 1. The van der Waals surface area contributed by atoms with E-state index in [9.17, 15) is 4.79 Å². The van der Waals surface area contributed by atoms with E-state index in [1.165, 1.54) is 37.7 Å². The van der Waals surface area contributed by atoms with Crippen LogP contribution in [0, 0.1) is 6.92 Å². The first kappa shape index (κ1) is 18.1. The van der Waals surface area contributed by atoms with Gasteiger partial charge in [-0.05, 0) is 37.5 Å². The van der Waals surface area contributed by atoms with Gasteiger partial charge in [0, 0.05) is 42.0 Å². The first-order valence-corrected chi connectivity index (χ1v) is 10.2. The number of aromatic nitrogens is 2. The number of imidazole rings is 1. The average molecular weight is 358 g/mol. The molecule has 0 radical (unpaired) electrons. The van der Waals surface area contributed by atoms with Crippen molar-refractivity contribution in [1.82, 2.24) is 14.9 Å². The Morgan fingerprint density at radius 2 is 2.00 bits per heavy atom. The minimum atomic E-state index is 0.0228. The predicted octanol–water partition coefficient (Wildman–Crippen LogP) is 4.04. The summed E-state index contributed by atoms with van der Waals surface area (Å²) in [6.45, 7) is 3.52. The Morgan fingerprint density at radius 1 is 1.24 bits per heavy atom. The number of carbonyl (C=O) groups excluding carboxylic acids is 1. The number of amides is 1. The van der Waals surface area contributed by atoms with E-state index < -0.39 is 0 Å². The molecule has 0 unspecified atom stereocenters. The third-order valence-electron chi connectivity index (χ3n) is 4.79. The minimum Gasteiger partial charge on any atom is -0.351 e. The van der Waals surface area contributed by atoms with Crippen molar-refractivity contribution in [2.24, 2.45) is 0 Å². The third-order valence-corrected chi connectivity index (χ3v) is 6.17. The molecule has 1 aliphatic rings. The van der Waals surface area contributed by atoms with Crippen molar-refractivity contribution in [2.45, 2.75) is 50.8 Å². The Hall–Kier alpha value is -1.75. The SMILES string of the molecule is Cc1nccn1Cc1ccc(C(=O)NCCSC2CCCCC2)cc1. The number of nitrogens with zero attached hydrogens (tertiary/aromatic N) is 2. The maximum atomic E-state index is 12.2. The lowest BCUT2D eigenvalue weighted by Gasteiger charge is -2.20. The van der Waals surface area contributed by atoms with Gasteiger partial charge in [-0.25, -0.2) is 4.98 Å². The Balaban J connectivity index is 1.42. The van der Waals surface area contributed by atoms with Crippen molar-refractivity contribution < 1.29 is 4.79 Å². The van der Waals surface area contributed by atoms with E-state index in [-0.39, 0.29) is 5.91 Å². The lowest BCUT2D eigenvalue weighted by Crippen LogP contribution is -2.26. The van der Waals surface area contributed by atoms with Crippen LogP contribution in [0.5, 0.6) is 0 Å². The van der Waals surface area contributed by atoms with E-state index >= 15 is 0 Å². The molecule has 1 fully saturated rings. The van der Waals surface area contributed by atoms with E-state index in [2.05, 4.69) is 14.9 Å². The molecule has 5 heteroatoms. The van der Waals surface area contributed by atoms with Gasteiger partial charge in [0.25, 0.3) is 5.91 Å². The van der Waals surface area contributed by atoms with Gasteiger partial charge in [0.05, 0.1) is 0 Å². The van der Waals surface area contributed by atoms with Crippen molar-refractivity contribution in [3.05, 3.63) is 53.6 Å². The molecule has 0 aliphatic heterocycles. The quantitative estimate of drug-likeness (QED) is 0.761. The maximum absolute atomic E-state index is 12.2. The number of nitrogens with one attached hydrogen (secondary N) is 1. The van der Waals surface area contributed by atoms with Crippen molar-refractivity contribution in [3.63, 3.8) is 0 Å². The molecule has 3 rings (SSSR count). The highest BCUT2D eigenvalue weighted by atomic mass is 32.2. The minimum absolute atomic E-state index is 0.0228. The number of benzene rings is 1. The second kappa shape index (κ2) is 9.09. The second-order valence-corrected chi connectivity index (χ2v) is 8.09. The molecule has 0 spiro atoms. The fourth-order valence-corrected chi connectivity index (χ4v) is 4.47. The smallest absolute Gasteiger partial charge is 0.251 e. The molecule has 25 heavy (non-hydrogen) atoms. The fourth-order valence-electron chi connectivity index (χ4n) is 3.25. The van der Waals surface area contributed by atoms with Crippen molar-refractivity contribution in [1.29, 1.82) is 0 Å². The molecule has 1 aliphatic carbocycles. The molecular weight excluding hydrogens is 330 g/mol. The highest BCUT2D eigenvalue weighted by molar-refractivity contribution is 7.99. The van der Waals surface area contributed by atoms with E-state index in [0.29, 0.717) is 0 Å². The predicted molar refractivity (Wildman–Crippen MR) is 104 cm³/mol. The van der Waals surface area contributed by atoms with Gasteiger partial charge in [-0.3, -0.25) is 4.79 Å². The summed E-state index contributed by atoms with van der Waals surface area (Å²) in [6, 6.07) is 7.85. The van der Waals surface area contributed by atoms with Gasteiger partial charge in [-0.1, -0.05) is 31.4 Å². The lowest BCUT2D eigenvalue weighted by atomic mass is 10.0. The molecule has 1 amide bonds. The van der Waals surface area contributed by atoms with Gasteiger partial charge >= 0.3 is 0 Å². The van der Waals surface area contributed by atoms with E-state index in [1.807, 2.05) is 55.3 Å². The first-order chi connectivity index (χ1) is 12.2. The van der Waals surface area contributed by atoms with Crippen LogP contribution >= 0.6 is 11.8 Å².